The predicted molar refractivity (Wildman–Crippen MR) is 86.8 cm³/mol. The van der Waals surface area contributed by atoms with E-state index in [1.165, 1.54) is 0 Å². The average Bonchev–Trinajstić information content (AvgIpc) is 2.75. The van der Waals surface area contributed by atoms with E-state index in [0.29, 0.717) is 12.5 Å². The zero-order chi connectivity index (χ0) is 15.3. The van der Waals surface area contributed by atoms with Crippen LogP contribution in [0.4, 0.5) is 0 Å². The molecule has 0 aliphatic rings. The minimum absolute atomic E-state index is 0.0557. The van der Waals surface area contributed by atoms with E-state index >= 15 is 0 Å². The quantitative estimate of drug-likeness (QED) is 0.826. The number of carbonyl (C=O) groups excluding carboxylic acids is 1. The molecular formula is C15H26BrN3O. The van der Waals surface area contributed by atoms with Crippen LogP contribution in [0, 0.1) is 5.92 Å². The summed E-state index contributed by atoms with van der Waals surface area (Å²) in [7, 11) is 1.84. The minimum Gasteiger partial charge on any atom is -0.342 e. The monoisotopic (exact) mass is 343 g/mol. The highest BCUT2D eigenvalue weighted by Gasteiger charge is 2.18. The van der Waals surface area contributed by atoms with Crippen molar-refractivity contribution in [1.29, 1.82) is 0 Å². The van der Waals surface area contributed by atoms with Crippen molar-refractivity contribution >= 4 is 21.8 Å². The van der Waals surface area contributed by atoms with Gasteiger partial charge in [-0.1, -0.05) is 20.8 Å². The molecule has 0 fully saturated rings. The van der Waals surface area contributed by atoms with Gasteiger partial charge in [-0.3, -0.25) is 4.79 Å². The Balaban J connectivity index is 2.69. The van der Waals surface area contributed by atoms with Gasteiger partial charge in [-0.15, -0.1) is 0 Å². The Morgan fingerprint density at radius 1 is 1.50 bits per heavy atom. The Bertz CT molecular complexity index is 442. The molecule has 0 saturated heterocycles. The van der Waals surface area contributed by atoms with Crippen LogP contribution >= 0.6 is 15.9 Å². The van der Waals surface area contributed by atoms with E-state index in [2.05, 4.69) is 36.7 Å². The molecule has 20 heavy (non-hydrogen) atoms. The van der Waals surface area contributed by atoms with Crippen molar-refractivity contribution in [2.75, 3.05) is 13.6 Å². The molecule has 114 valence electrons. The van der Waals surface area contributed by atoms with E-state index in [0.717, 1.165) is 29.6 Å². The van der Waals surface area contributed by atoms with E-state index in [1.54, 1.807) is 4.90 Å². The minimum atomic E-state index is 0.0557. The highest BCUT2D eigenvalue weighted by Crippen LogP contribution is 2.17. The van der Waals surface area contributed by atoms with E-state index in [1.807, 2.05) is 23.9 Å². The largest absolute Gasteiger partial charge is 0.342 e. The number of aromatic nitrogens is 1. The van der Waals surface area contributed by atoms with Gasteiger partial charge < -0.3 is 15.2 Å². The standard InChI is InChI=1S/C15H26BrN3O/c1-5-7-19-10-12(16)9-14(19)15(20)18(4)8-6-13(17)11(2)3/h9-11,13H,5-8,17H2,1-4H3. The van der Waals surface area contributed by atoms with Crippen LogP contribution in [0.25, 0.3) is 0 Å². The topological polar surface area (TPSA) is 51.3 Å². The van der Waals surface area contributed by atoms with Gasteiger partial charge in [-0.25, -0.2) is 0 Å². The van der Waals surface area contributed by atoms with Crippen LogP contribution in [0.5, 0.6) is 0 Å². The van der Waals surface area contributed by atoms with Gasteiger partial charge >= 0.3 is 0 Å². The Morgan fingerprint density at radius 2 is 2.15 bits per heavy atom. The molecule has 1 aromatic heterocycles. The molecule has 2 N–H and O–H groups in total. The Kier molecular flexibility index (Phi) is 6.76. The molecule has 0 spiro atoms. The molecule has 0 aliphatic heterocycles. The van der Waals surface area contributed by atoms with Crippen LogP contribution in [0.2, 0.25) is 0 Å². The number of hydrogen-bond donors (Lipinski definition) is 1. The summed E-state index contributed by atoms with van der Waals surface area (Å²) in [4.78, 5) is 14.2. The van der Waals surface area contributed by atoms with Gasteiger partial charge in [0.1, 0.15) is 5.69 Å². The second kappa shape index (κ2) is 7.84. The van der Waals surface area contributed by atoms with Crippen molar-refractivity contribution in [3.8, 4) is 0 Å². The van der Waals surface area contributed by atoms with E-state index in [9.17, 15) is 4.79 Å². The molecule has 1 aromatic rings. The maximum absolute atomic E-state index is 12.5. The first-order valence-corrected chi connectivity index (χ1v) is 8.02. The summed E-state index contributed by atoms with van der Waals surface area (Å²) >= 11 is 3.44. The van der Waals surface area contributed by atoms with Crippen molar-refractivity contribution in [1.82, 2.24) is 9.47 Å². The Labute approximate surface area is 130 Å². The number of carbonyl (C=O) groups is 1. The molecule has 0 aliphatic carbocycles. The van der Waals surface area contributed by atoms with E-state index in [4.69, 9.17) is 5.73 Å². The molecule has 1 atom stereocenters. The van der Waals surface area contributed by atoms with Gasteiger partial charge in [0, 0.05) is 36.8 Å². The van der Waals surface area contributed by atoms with Crippen molar-refractivity contribution in [3.63, 3.8) is 0 Å². The molecule has 1 rings (SSSR count). The van der Waals surface area contributed by atoms with Crippen molar-refractivity contribution < 1.29 is 4.79 Å². The number of aryl methyl sites for hydroxylation is 1. The highest BCUT2D eigenvalue weighted by molar-refractivity contribution is 9.10. The lowest BCUT2D eigenvalue weighted by Gasteiger charge is -2.22. The molecule has 1 unspecified atom stereocenters. The third-order valence-corrected chi connectivity index (χ3v) is 3.98. The molecule has 5 heteroatoms. The number of hydrogen-bond acceptors (Lipinski definition) is 2. The number of nitrogens with zero attached hydrogens (tertiary/aromatic N) is 2. The zero-order valence-corrected chi connectivity index (χ0v) is 14.5. The third kappa shape index (κ3) is 4.63. The average molecular weight is 344 g/mol. The van der Waals surface area contributed by atoms with E-state index in [-0.39, 0.29) is 11.9 Å². The lowest BCUT2D eigenvalue weighted by atomic mass is 10.0. The second-order valence-corrected chi connectivity index (χ2v) is 6.58. The van der Waals surface area contributed by atoms with Crippen LogP contribution in [0.15, 0.2) is 16.7 Å². The molecule has 0 aromatic carbocycles. The van der Waals surface area contributed by atoms with E-state index < -0.39 is 0 Å². The molecule has 0 radical (unpaired) electrons. The number of amides is 1. The normalized spacial score (nSPS) is 12.8. The van der Waals surface area contributed by atoms with Crippen LogP contribution in [0.1, 0.15) is 44.1 Å². The van der Waals surface area contributed by atoms with Crippen LogP contribution < -0.4 is 5.73 Å². The summed E-state index contributed by atoms with van der Waals surface area (Å²) in [6.07, 6.45) is 3.79. The number of rotatable bonds is 7. The number of halogens is 1. The highest BCUT2D eigenvalue weighted by atomic mass is 79.9. The summed E-state index contributed by atoms with van der Waals surface area (Å²) in [6.45, 7) is 7.86. The third-order valence-electron chi connectivity index (χ3n) is 3.55. The van der Waals surface area contributed by atoms with Gasteiger partial charge in [0.15, 0.2) is 0 Å². The summed E-state index contributed by atoms with van der Waals surface area (Å²) in [5, 5.41) is 0. The summed E-state index contributed by atoms with van der Waals surface area (Å²) in [5.41, 5.74) is 6.77. The van der Waals surface area contributed by atoms with Crippen molar-refractivity contribution in [3.05, 3.63) is 22.4 Å². The van der Waals surface area contributed by atoms with Gasteiger partial charge in [0.05, 0.1) is 0 Å². The first kappa shape index (κ1) is 17.2. The Morgan fingerprint density at radius 3 is 2.70 bits per heavy atom. The molecular weight excluding hydrogens is 318 g/mol. The lowest BCUT2D eigenvalue weighted by Crippen LogP contribution is -2.35. The fourth-order valence-electron chi connectivity index (χ4n) is 2.05. The maximum atomic E-state index is 12.5. The lowest BCUT2D eigenvalue weighted by molar-refractivity contribution is 0.0778. The predicted octanol–water partition coefficient (Wildman–Crippen LogP) is 3.11. The summed E-state index contributed by atoms with van der Waals surface area (Å²) in [5.74, 6) is 0.497. The summed E-state index contributed by atoms with van der Waals surface area (Å²) < 4.78 is 2.95. The first-order valence-electron chi connectivity index (χ1n) is 7.23. The van der Waals surface area contributed by atoms with Gasteiger partial charge in [0.2, 0.25) is 0 Å². The zero-order valence-electron chi connectivity index (χ0n) is 12.9. The molecule has 1 amide bonds. The van der Waals surface area contributed by atoms with Crippen molar-refractivity contribution in [2.45, 2.75) is 46.2 Å². The van der Waals surface area contributed by atoms with Crippen LogP contribution in [-0.4, -0.2) is 35.0 Å². The number of nitrogens with two attached hydrogens (primary N) is 1. The molecule has 0 saturated carbocycles. The van der Waals surface area contributed by atoms with Crippen LogP contribution in [-0.2, 0) is 6.54 Å². The SMILES string of the molecule is CCCn1cc(Br)cc1C(=O)N(C)CCC(N)C(C)C. The molecule has 1 heterocycles. The first-order chi connectivity index (χ1) is 9.36. The van der Waals surface area contributed by atoms with Crippen LogP contribution in [0.3, 0.4) is 0 Å². The van der Waals surface area contributed by atoms with Crippen molar-refractivity contribution in [2.24, 2.45) is 11.7 Å². The molecule has 4 nitrogen and oxygen atoms in total. The summed E-state index contributed by atoms with van der Waals surface area (Å²) in [6, 6.07) is 2.02. The maximum Gasteiger partial charge on any atom is 0.270 e. The fraction of sp³-hybridized carbons (Fsp3) is 0.667. The van der Waals surface area contributed by atoms with Gasteiger partial charge in [0.25, 0.3) is 5.91 Å². The van der Waals surface area contributed by atoms with Gasteiger partial charge in [-0.2, -0.15) is 0 Å². The Hall–Kier alpha value is -0.810. The second-order valence-electron chi connectivity index (χ2n) is 5.66. The smallest absolute Gasteiger partial charge is 0.270 e. The molecule has 0 bridgehead atoms. The fourth-order valence-corrected chi connectivity index (χ4v) is 2.52. The van der Waals surface area contributed by atoms with Gasteiger partial charge in [-0.05, 0) is 40.8 Å².